The maximum atomic E-state index is 5.69. The van der Waals surface area contributed by atoms with E-state index in [1.54, 1.807) is 12.4 Å². The summed E-state index contributed by atoms with van der Waals surface area (Å²) >= 11 is 0. The fourth-order valence-electron chi connectivity index (χ4n) is 3.81. The van der Waals surface area contributed by atoms with Crippen LogP contribution < -0.4 is 15.5 Å². The molecule has 0 saturated carbocycles. The standard InChI is InChI=1S/C20H22N8O/c1-13-3-2-5-22-17(13)28-6-4-15-16(14-11-23-19(21)24-12-14)25-20(26-18(15)28)27-7-9-29-10-8-27/h2-3,5,11-12H,4,6-10H2,1H3,(H2,21,23,24). The van der Waals surface area contributed by atoms with Gasteiger partial charge in [-0.25, -0.2) is 19.9 Å². The van der Waals surface area contributed by atoms with E-state index in [2.05, 4.69) is 37.7 Å². The Balaban J connectivity index is 1.66. The third-order valence-electron chi connectivity index (χ3n) is 5.29. The highest BCUT2D eigenvalue weighted by Gasteiger charge is 2.30. The molecule has 3 aromatic rings. The number of nitrogens with two attached hydrogens (primary N) is 1. The Morgan fingerprint density at radius 3 is 2.55 bits per heavy atom. The average molecular weight is 390 g/mol. The van der Waals surface area contributed by atoms with Gasteiger partial charge < -0.3 is 20.3 Å². The molecular formula is C20H22N8O. The highest BCUT2D eigenvalue weighted by atomic mass is 16.5. The van der Waals surface area contributed by atoms with Crippen LogP contribution in [-0.4, -0.2) is 57.8 Å². The second kappa shape index (κ2) is 7.25. The molecule has 9 nitrogen and oxygen atoms in total. The van der Waals surface area contributed by atoms with Gasteiger partial charge in [-0.3, -0.25) is 0 Å². The number of rotatable bonds is 3. The zero-order valence-corrected chi connectivity index (χ0v) is 16.2. The van der Waals surface area contributed by atoms with Crippen LogP contribution in [0.1, 0.15) is 11.1 Å². The first-order valence-electron chi connectivity index (χ1n) is 9.71. The van der Waals surface area contributed by atoms with Gasteiger partial charge in [-0.1, -0.05) is 6.07 Å². The zero-order valence-electron chi connectivity index (χ0n) is 16.2. The fraction of sp³-hybridized carbons (Fsp3) is 0.350. The molecule has 2 N–H and O–H groups in total. The summed E-state index contributed by atoms with van der Waals surface area (Å²) in [6, 6.07) is 4.02. The monoisotopic (exact) mass is 390 g/mol. The van der Waals surface area contributed by atoms with Gasteiger partial charge in [0.2, 0.25) is 11.9 Å². The van der Waals surface area contributed by atoms with E-state index in [1.165, 1.54) is 0 Å². The summed E-state index contributed by atoms with van der Waals surface area (Å²) in [7, 11) is 0. The van der Waals surface area contributed by atoms with Gasteiger partial charge in [0.1, 0.15) is 11.6 Å². The Kier molecular flexibility index (Phi) is 4.44. The molecule has 148 valence electrons. The second-order valence-electron chi connectivity index (χ2n) is 7.15. The molecule has 29 heavy (non-hydrogen) atoms. The first-order chi connectivity index (χ1) is 14.2. The Hall–Kier alpha value is -3.33. The van der Waals surface area contributed by atoms with Gasteiger partial charge in [0.15, 0.2) is 0 Å². The summed E-state index contributed by atoms with van der Waals surface area (Å²) in [5, 5.41) is 0. The number of hydrogen-bond donors (Lipinski definition) is 1. The van der Waals surface area contributed by atoms with Gasteiger partial charge in [0.05, 0.1) is 18.9 Å². The van der Waals surface area contributed by atoms with Gasteiger partial charge in [-0.2, -0.15) is 4.98 Å². The van der Waals surface area contributed by atoms with Crippen molar-refractivity contribution in [1.29, 1.82) is 0 Å². The van der Waals surface area contributed by atoms with Crippen LogP contribution in [0, 0.1) is 6.92 Å². The number of hydrogen-bond acceptors (Lipinski definition) is 9. The van der Waals surface area contributed by atoms with E-state index in [0.717, 1.165) is 60.1 Å². The Morgan fingerprint density at radius 1 is 1.00 bits per heavy atom. The largest absolute Gasteiger partial charge is 0.378 e. The smallest absolute Gasteiger partial charge is 0.228 e. The summed E-state index contributed by atoms with van der Waals surface area (Å²) in [6.45, 7) is 5.74. The molecule has 5 heterocycles. The molecule has 0 aliphatic carbocycles. The van der Waals surface area contributed by atoms with E-state index in [9.17, 15) is 0 Å². The van der Waals surface area contributed by atoms with Crippen LogP contribution in [0.3, 0.4) is 0 Å². The van der Waals surface area contributed by atoms with E-state index in [1.807, 2.05) is 12.3 Å². The normalized spacial score (nSPS) is 16.2. The lowest BCUT2D eigenvalue weighted by Crippen LogP contribution is -2.37. The molecule has 1 saturated heterocycles. The van der Waals surface area contributed by atoms with E-state index in [-0.39, 0.29) is 5.95 Å². The van der Waals surface area contributed by atoms with Gasteiger partial charge in [0, 0.05) is 49.4 Å². The van der Waals surface area contributed by atoms with E-state index < -0.39 is 0 Å². The van der Waals surface area contributed by atoms with Gasteiger partial charge in [-0.05, 0) is 25.0 Å². The van der Waals surface area contributed by atoms with Crippen molar-refractivity contribution in [3.05, 3.63) is 41.9 Å². The number of fused-ring (bicyclic) bond motifs is 1. The van der Waals surface area contributed by atoms with Crippen LogP contribution >= 0.6 is 0 Å². The molecule has 0 aromatic carbocycles. The van der Waals surface area contributed by atoms with Crippen molar-refractivity contribution in [1.82, 2.24) is 24.9 Å². The molecule has 2 aliphatic rings. The van der Waals surface area contributed by atoms with Crippen LogP contribution in [0.2, 0.25) is 0 Å². The molecule has 0 bridgehead atoms. The lowest BCUT2D eigenvalue weighted by atomic mass is 10.1. The topological polar surface area (TPSA) is 106 Å². The molecule has 1 fully saturated rings. The van der Waals surface area contributed by atoms with Gasteiger partial charge >= 0.3 is 0 Å². The Bertz CT molecular complexity index is 1030. The van der Waals surface area contributed by atoms with E-state index in [4.69, 9.17) is 20.4 Å². The number of pyridine rings is 1. The third-order valence-corrected chi connectivity index (χ3v) is 5.29. The number of ether oxygens (including phenoxy) is 1. The SMILES string of the molecule is Cc1cccnc1N1CCc2c(-c3cnc(N)nc3)nc(N3CCOCC3)nc21. The number of morpholine rings is 1. The van der Waals surface area contributed by atoms with Crippen LogP contribution in [-0.2, 0) is 11.2 Å². The average Bonchev–Trinajstić information content (AvgIpc) is 3.18. The lowest BCUT2D eigenvalue weighted by molar-refractivity contribution is 0.122. The van der Waals surface area contributed by atoms with Crippen molar-refractivity contribution in [2.24, 2.45) is 0 Å². The highest BCUT2D eigenvalue weighted by molar-refractivity contribution is 5.76. The van der Waals surface area contributed by atoms with Gasteiger partial charge in [0.25, 0.3) is 0 Å². The Morgan fingerprint density at radius 2 is 1.79 bits per heavy atom. The minimum Gasteiger partial charge on any atom is -0.378 e. The minimum atomic E-state index is 0.249. The summed E-state index contributed by atoms with van der Waals surface area (Å²) < 4.78 is 5.50. The number of anilines is 4. The quantitative estimate of drug-likeness (QED) is 0.716. The van der Waals surface area contributed by atoms with Crippen LogP contribution in [0.4, 0.5) is 23.5 Å². The molecule has 9 heteroatoms. The molecular weight excluding hydrogens is 368 g/mol. The predicted octanol–water partition coefficient (Wildman–Crippen LogP) is 1.75. The molecule has 0 unspecified atom stereocenters. The van der Waals surface area contributed by atoms with Gasteiger partial charge in [-0.15, -0.1) is 0 Å². The zero-order chi connectivity index (χ0) is 19.8. The molecule has 2 aliphatic heterocycles. The van der Waals surface area contributed by atoms with Crippen molar-refractivity contribution in [3.8, 4) is 11.3 Å². The van der Waals surface area contributed by atoms with Crippen LogP contribution in [0.5, 0.6) is 0 Å². The summed E-state index contributed by atoms with van der Waals surface area (Å²) in [6.07, 6.45) is 6.10. The number of nitrogens with zero attached hydrogens (tertiary/aromatic N) is 7. The molecule has 0 amide bonds. The third kappa shape index (κ3) is 3.23. The molecule has 3 aromatic heterocycles. The van der Waals surface area contributed by atoms with Crippen LogP contribution in [0.25, 0.3) is 11.3 Å². The summed E-state index contributed by atoms with van der Waals surface area (Å²) in [5.74, 6) is 2.77. The lowest BCUT2D eigenvalue weighted by Gasteiger charge is -2.28. The first kappa shape index (κ1) is 17.7. The predicted molar refractivity (Wildman–Crippen MR) is 110 cm³/mol. The minimum absolute atomic E-state index is 0.249. The van der Waals surface area contributed by atoms with E-state index in [0.29, 0.717) is 19.2 Å². The van der Waals surface area contributed by atoms with Crippen molar-refractivity contribution in [2.45, 2.75) is 13.3 Å². The van der Waals surface area contributed by atoms with Crippen molar-refractivity contribution in [2.75, 3.05) is 48.4 Å². The maximum Gasteiger partial charge on any atom is 0.228 e. The second-order valence-corrected chi connectivity index (χ2v) is 7.15. The molecule has 0 spiro atoms. The molecule has 0 atom stereocenters. The van der Waals surface area contributed by atoms with Crippen molar-refractivity contribution in [3.63, 3.8) is 0 Å². The number of nitrogen functional groups attached to an aromatic ring is 1. The summed E-state index contributed by atoms with van der Waals surface area (Å²) in [4.78, 5) is 27.1. The van der Waals surface area contributed by atoms with Crippen molar-refractivity contribution < 1.29 is 4.74 Å². The first-order valence-corrected chi connectivity index (χ1v) is 9.71. The molecule has 0 radical (unpaired) electrons. The number of aryl methyl sites for hydroxylation is 1. The fourth-order valence-corrected chi connectivity index (χ4v) is 3.81. The van der Waals surface area contributed by atoms with Crippen molar-refractivity contribution >= 4 is 23.5 Å². The maximum absolute atomic E-state index is 5.69. The van der Waals surface area contributed by atoms with Crippen LogP contribution in [0.15, 0.2) is 30.7 Å². The highest BCUT2D eigenvalue weighted by Crippen LogP contribution is 2.39. The Labute approximate surface area is 168 Å². The summed E-state index contributed by atoms with van der Waals surface area (Å²) in [5.41, 5.74) is 9.58. The number of aromatic nitrogens is 5. The molecule has 5 rings (SSSR count). The van der Waals surface area contributed by atoms with E-state index >= 15 is 0 Å².